The maximum atomic E-state index is 14.6. The summed E-state index contributed by atoms with van der Waals surface area (Å²) in [6.45, 7) is 2.82. The zero-order valence-corrected chi connectivity index (χ0v) is 14.5. The lowest BCUT2D eigenvalue weighted by Gasteiger charge is -2.28. The Kier molecular flexibility index (Phi) is 4.49. The molecule has 0 unspecified atom stereocenters. The molecule has 6 nitrogen and oxygen atoms in total. The Morgan fingerprint density at radius 3 is 2.81 bits per heavy atom. The number of benzene rings is 1. The van der Waals surface area contributed by atoms with Gasteiger partial charge in [0.25, 0.3) is 5.91 Å². The zero-order valence-electron chi connectivity index (χ0n) is 14.5. The minimum absolute atomic E-state index is 0.0208. The molecule has 2 aromatic heterocycles. The monoisotopic (exact) mass is 372 g/mol. The van der Waals surface area contributed by atoms with E-state index in [9.17, 15) is 13.6 Å². The number of carbonyl (C=O) groups excluding carboxylic acids is 1. The summed E-state index contributed by atoms with van der Waals surface area (Å²) in [5.74, 6) is -2.57. The average Bonchev–Trinajstić information content (AvgIpc) is 3.07. The first-order valence-corrected chi connectivity index (χ1v) is 8.60. The maximum absolute atomic E-state index is 14.6. The van der Waals surface area contributed by atoms with Crippen molar-refractivity contribution >= 4 is 22.6 Å². The Bertz CT molecular complexity index is 1010. The Balaban J connectivity index is 1.72. The molecular weight excluding hydrogens is 354 g/mol. The largest absolute Gasteiger partial charge is 0.378 e. The molecule has 3 heterocycles. The number of fused-ring (bicyclic) bond motifs is 1. The molecule has 3 aromatic rings. The lowest BCUT2D eigenvalue weighted by atomic mass is 10.0. The van der Waals surface area contributed by atoms with Gasteiger partial charge in [-0.15, -0.1) is 0 Å². The summed E-state index contributed by atoms with van der Waals surface area (Å²) in [5, 5.41) is 0.780. The molecular formula is C19H18F2N4O2. The van der Waals surface area contributed by atoms with E-state index in [1.165, 1.54) is 0 Å². The zero-order chi connectivity index (χ0) is 19.0. The van der Waals surface area contributed by atoms with Crippen molar-refractivity contribution in [3.63, 3.8) is 0 Å². The average molecular weight is 372 g/mol. The van der Waals surface area contributed by atoms with Crippen molar-refractivity contribution in [2.24, 2.45) is 5.73 Å². The van der Waals surface area contributed by atoms with Crippen LogP contribution in [0.15, 0.2) is 30.6 Å². The van der Waals surface area contributed by atoms with Gasteiger partial charge in [0.05, 0.1) is 30.7 Å². The molecule has 0 aliphatic carbocycles. The van der Waals surface area contributed by atoms with E-state index >= 15 is 0 Å². The molecule has 1 aliphatic rings. The van der Waals surface area contributed by atoms with E-state index in [2.05, 4.69) is 14.9 Å². The third-order valence-corrected chi connectivity index (χ3v) is 4.80. The number of primary amides is 1. The lowest BCUT2D eigenvalue weighted by Crippen LogP contribution is -2.36. The summed E-state index contributed by atoms with van der Waals surface area (Å²) in [5.41, 5.74) is 6.90. The Morgan fingerprint density at radius 2 is 2.07 bits per heavy atom. The number of nitrogens with one attached hydrogen (secondary N) is 1. The second-order valence-electron chi connectivity index (χ2n) is 6.43. The number of H-pyrrole nitrogens is 1. The van der Waals surface area contributed by atoms with Crippen LogP contribution in [0.5, 0.6) is 0 Å². The Morgan fingerprint density at radius 1 is 1.30 bits per heavy atom. The molecule has 27 heavy (non-hydrogen) atoms. The van der Waals surface area contributed by atoms with Crippen LogP contribution >= 0.6 is 0 Å². The quantitative estimate of drug-likeness (QED) is 0.736. The summed E-state index contributed by atoms with van der Waals surface area (Å²) >= 11 is 0. The number of hydrogen-bond donors (Lipinski definition) is 2. The molecule has 4 rings (SSSR count). The van der Waals surface area contributed by atoms with Gasteiger partial charge in [0, 0.05) is 36.7 Å². The molecule has 0 spiro atoms. The van der Waals surface area contributed by atoms with Gasteiger partial charge in [0.15, 0.2) is 0 Å². The van der Waals surface area contributed by atoms with Gasteiger partial charge in [-0.1, -0.05) is 0 Å². The molecule has 0 atom stereocenters. The smallest absolute Gasteiger partial charge is 0.251 e. The van der Waals surface area contributed by atoms with E-state index in [-0.39, 0.29) is 17.5 Å². The number of anilines is 1. The molecule has 0 bridgehead atoms. The second kappa shape index (κ2) is 6.96. The number of ether oxygens (including phenoxy) is 1. The van der Waals surface area contributed by atoms with Gasteiger partial charge >= 0.3 is 0 Å². The topological polar surface area (TPSA) is 84.2 Å². The number of halogens is 2. The van der Waals surface area contributed by atoms with Crippen LogP contribution in [0.25, 0.3) is 11.0 Å². The molecule has 1 fully saturated rings. The first kappa shape index (κ1) is 17.4. The summed E-state index contributed by atoms with van der Waals surface area (Å²) in [4.78, 5) is 20.9. The highest BCUT2D eigenvalue weighted by Gasteiger charge is 2.19. The molecule has 8 heteroatoms. The van der Waals surface area contributed by atoms with Crippen LogP contribution in [0.4, 0.5) is 14.5 Å². The highest BCUT2D eigenvalue weighted by Crippen LogP contribution is 2.27. The van der Waals surface area contributed by atoms with Gasteiger partial charge in [-0.3, -0.25) is 4.79 Å². The van der Waals surface area contributed by atoms with Crippen LogP contribution in [0.1, 0.15) is 21.5 Å². The molecule has 1 amide bonds. The van der Waals surface area contributed by atoms with Gasteiger partial charge in [-0.2, -0.15) is 0 Å². The molecule has 1 aromatic carbocycles. The van der Waals surface area contributed by atoms with Crippen LogP contribution in [-0.4, -0.2) is 42.2 Å². The summed E-state index contributed by atoms with van der Waals surface area (Å²) in [7, 11) is 0. The lowest BCUT2D eigenvalue weighted by molar-refractivity contribution is 0.0996. The van der Waals surface area contributed by atoms with Crippen molar-refractivity contribution in [1.29, 1.82) is 0 Å². The standard InChI is InChI=1S/C19H18F2N4O2/c20-16-2-1-13(18(22)26)17(21)15(16)7-11-9-23-19-14(11)8-12(10-24-19)25-3-5-27-6-4-25/h1-2,8-10H,3-7H2,(H2,22,26)(H,23,24). The molecule has 1 aliphatic heterocycles. The van der Waals surface area contributed by atoms with Gasteiger partial charge in [0.1, 0.15) is 17.3 Å². The van der Waals surface area contributed by atoms with E-state index in [0.29, 0.717) is 24.4 Å². The van der Waals surface area contributed by atoms with Crippen LogP contribution in [0, 0.1) is 11.6 Å². The van der Waals surface area contributed by atoms with Crippen molar-refractivity contribution < 1.29 is 18.3 Å². The molecule has 0 saturated carbocycles. The van der Waals surface area contributed by atoms with Gasteiger partial charge in [-0.05, 0) is 23.8 Å². The van der Waals surface area contributed by atoms with Crippen molar-refractivity contribution in [3.8, 4) is 0 Å². The number of rotatable bonds is 4. The summed E-state index contributed by atoms with van der Waals surface area (Å²) in [6.07, 6.45) is 3.42. The molecule has 140 valence electrons. The van der Waals surface area contributed by atoms with E-state index in [1.54, 1.807) is 12.4 Å². The SMILES string of the molecule is NC(=O)c1ccc(F)c(Cc2c[nH]c3ncc(N4CCOCC4)cc23)c1F. The highest BCUT2D eigenvalue weighted by atomic mass is 19.1. The predicted molar refractivity (Wildman–Crippen MR) is 96.8 cm³/mol. The van der Waals surface area contributed by atoms with Crippen molar-refractivity contribution in [1.82, 2.24) is 9.97 Å². The number of hydrogen-bond acceptors (Lipinski definition) is 4. The van der Waals surface area contributed by atoms with Crippen LogP contribution in [0.3, 0.4) is 0 Å². The Labute approximate surface area is 153 Å². The number of carbonyl (C=O) groups is 1. The van der Waals surface area contributed by atoms with E-state index in [1.807, 2.05) is 6.07 Å². The van der Waals surface area contributed by atoms with E-state index in [0.717, 1.165) is 36.3 Å². The molecule has 3 N–H and O–H groups in total. The maximum Gasteiger partial charge on any atom is 0.251 e. The number of aromatic nitrogens is 2. The number of aromatic amines is 1. The minimum atomic E-state index is -0.927. The van der Waals surface area contributed by atoms with Crippen LogP contribution < -0.4 is 10.6 Å². The number of morpholine rings is 1. The number of nitrogens with zero attached hydrogens (tertiary/aromatic N) is 2. The third-order valence-electron chi connectivity index (χ3n) is 4.80. The van der Waals surface area contributed by atoms with Gasteiger partial charge in [0.2, 0.25) is 0 Å². The van der Waals surface area contributed by atoms with Crippen LogP contribution in [-0.2, 0) is 11.2 Å². The third kappa shape index (κ3) is 3.23. The second-order valence-corrected chi connectivity index (χ2v) is 6.43. The number of amides is 1. The fourth-order valence-corrected chi connectivity index (χ4v) is 3.33. The summed E-state index contributed by atoms with van der Waals surface area (Å²) in [6, 6.07) is 4.07. The summed E-state index contributed by atoms with van der Waals surface area (Å²) < 4.78 is 34.1. The predicted octanol–water partition coefficient (Wildman–Crippen LogP) is 2.37. The van der Waals surface area contributed by atoms with E-state index in [4.69, 9.17) is 10.5 Å². The van der Waals surface area contributed by atoms with E-state index < -0.39 is 17.5 Å². The fourth-order valence-electron chi connectivity index (χ4n) is 3.33. The molecule has 1 saturated heterocycles. The first-order valence-electron chi connectivity index (χ1n) is 8.60. The highest BCUT2D eigenvalue weighted by molar-refractivity contribution is 5.93. The molecule has 0 radical (unpaired) electrons. The van der Waals surface area contributed by atoms with Crippen molar-refractivity contribution in [2.45, 2.75) is 6.42 Å². The Hall–Kier alpha value is -3.00. The van der Waals surface area contributed by atoms with Crippen molar-refractivity contribution in [2.75, 3.05) is 31.2 Å². The fraction of sp³-hybridized carbons (Fsp3) is 0.263. The number of pyridine rings is 1. The van der Waals surface area contributed by atoms with Gasteiger partial charge < -0.3 is 20.4 Å². The van der Waals surface area contributed by atoms with Gasteiger partial charge in [-0.25, -0.2) is 13.8 Å². The number of nitrogens with two attached hydrogens (primary N) is 1. The van der Waals surface area contributed by atoms with Crippen LogP contribution in [0.2, 0.25) is 0 Å². The minimum Gasteiger partial charge on any atom is -0.378 e. The van der Waals surface area contributed by atoms with Crippen molar-refractivity contribution in [3.05, 3.63) is 58.9 Å². The first-order chi connectivity index (χ1) is 13.0. The normalized spacial score (nSPS) is 14.7.